The van der Waals surface area contributed by atoms with Crippen molar-refractivity contribution in [3.05, 3.63) is 88.0 Å². The standard InChI is InChI=1S/C33H35F9N2O3/c1-17(2)18-7-10-27(46-6)24(13-18)23-9-8-20(31(34,35)36)15-25(23)28(47-29(45)44-30(3,4)5)16-26(43)19-11-21(32(37,38)39)14-22(12-19)33(40,41)42/h7-15,17,26,28H,16,43H2,1-6H3,(H,44,45). The Morgan fingerprint density at radius 2 is 1.30 bits per heavy atom. The van der Waals surface area contributed by atoms with E-state index in [0.29, 0.717) is 23.8 Å². The van der Waals surface area contributed by atoms with Crippen LogP contribution in [0.2, 0.25) is 0 Å². The molecule has 2 unspecified atom stereocenters. The number of alkyl carbamates (subject to hydrolysis) is 1. The van der Waals surface area contributed by atoms with Crippen molar-refractivity contribution in [2.24, 2.45) is 5.73 Å². The van der Waals surface area contributed by atoms with Crippen LogP contribution < -0.4 is 15.8 Å². The van der Waals surface area contributed by atoms with Crippen molar-refractivity contribution >= 4 is 6.09 Å². The van der Waals surface area contributed by atoms with Gasteiger partial charge in [0.05, 0.1) is 23.8 Å². The molecule has 0 spiro atoms. The normalized spacial score (nSPS) is 14.1. The number of hydrogen-bond donors (Lipinski definition) is 2. The number of benzene rings is 3. The highest BCUT2D eigenvalue weighted by Gasteiger charge is 2.38. The molecule has 2 atom stereocenters. The van der Waals surface area contributed by atoms with Gasteiger partial charge in [0, 0.05) is 29.1 Å². The first-order valence-corrected chi connectivity index (χ1v) is 14.3. The summed E-state index contributed by atoms with van der Waals surface area (Å²) in [6.45, 7) is 8.54. The third-order valence-corrected chi connectivity index (χ3v) is 7.14. The van der Waals surface area contributed by atoms with Gasteiger partial charge in [-0.1, -0.05) is 26.0 Å². The number of ether oxygens (including phenoxy) is 2. The maximum Gasteiger partial charge on any atom is 0.416 e. The number of rotatable bonds is 8. The minimum Gasteiger partial charge on any atom is -0.496 e. The van der Waals surface area contributed by atoms with Crippen molar-refractivity contribution in [2.45, 2.75) is 83.2 Å². The average molecular weight is 679 g/mol. The van der Waals surface area contributed by atoms with Crippen LogP contribution in [-0.4, -0.2) is 18.7 Å². The molecule has 0 heterocycles. The van der Waals surface area contributed by atoms with Gasteiger partial charge in [-0.3, -0.25) is 0 Å². The number of alkyl halides is 9. The maximum absolute atomic E-state index is 14.0. The number of amides is 1. The third kappa shape index (κ3) is 9.78. The number of methoxy groups -OCH3 is 1. The molecule has 0 aliphatic carbocycles. The van der Waals surface area contributed by atoms with E-state index in [9.17, 15) is 44.3 Å². The SMILES string of the molecule is COc1ccc(C(C)C)cc1-c1ccc(C(F)(F)F)cc1C(CC(N)c1cc(C(F)(F)F)cc(C(F)(F)F)c1)OC(=O)NC(C)(C)C. The number of nitrogens with two attached hydrogens (primary N) is 1. The van der Waals surface area contributed by atoms with Crippen molar-refractivity contribution in [1.82, 2.24) is 5.32 Å². The molecule has 0 aromatic heterocycles. The molecule has 47 heavy (non-hydrogen) atoms. The Balaban J connectivity index is 2.30. The lowest BCUT2D eigenvalue weighted by Gasteiger charge is -2.28. The minimum atomic E-state index is -5.18. The highest BCUT2D eigenvalue weighted by molar-refractivity contribution is 5.76. The maximum atomic E-state index is 14.0. The van der Waals surface area contributed by atoms with E-state index in [2.05, 4.69) is 5.32 Å². The Morgan fingerprint density at radius 3 is 1.77 bits per heavy atom. The fraction of sp³-hybridized carbons (Fsp3) is 0.424. The summed E-state index contributed by atoms with van der Waals surface area (Å²) in [6, 6.07) is 6.78. The largest absolute Gasteiger partial charge is 0.496 e. The smallest absolute Gasteiger partial charge is 0.416 e. The summed E-state index contributed by atoms with van der Waals surface area (Å²) in [6.07, 6.45) is -18.7. The summed E-state index contributed by atoms with van der Waals surface area (Å²) in [5, 5.41) is 2.49. The number of halogens is 9. The highest BCUT2D eigenvalue weighted by atomic mass is 19.4. The summed E-state index contributed by atoms with van der Waals surface area (Å²) in [4.78, 5) is 13.0. The molecule has 258 valence electrons. The first-order valence-electron chi connectivity index (χ1n) is 14.3. The Labute approximate surface area is 266 Å². The zero-order valence-electron chi connectivity index (χ0n) is 26.3. The molecule has 0 aliphatic heterocycles. The summed E-state index contributed by atoms with van der Waals surface area (Å²) in [5.74, 6) is 0.213. The molecular formula is C33H35F9N2O3. The molecule has 3 rings (SSSR count). The number of hydrogen-bond acceptors (Lipinski definition) is 4. The Hall–Kier alpha value is -3.94. The zero-order valence-corrected chi connectivity index (χ0v) is 26.3. The van der Waals surface area contributed by atoms with Crippen LogP contribution in [0.4, 0.5) is 44.3 Å². The molecule has 0 bridgehead atoms. The second kappa shape index (κ2) is 13.7. The second-order valence-corrected chi connectivity index (χ2v) is 12.4. The molecule has 3 aromatic carbocycles. The van der Waals surface area contributed by atoms with Gasteiger partial charge in [0.2, 0.25) is 0 Å². The van der Waals surface area contributed by atoms with Crippen molar-refractivity contribution < 1.29 is 53.8 Å². The second-order valence-electron chi connectivity index (χ2n) is 12.4. The van der Waals surface area contributed by atoms with Gasteiger partial charge in [-0.2, -0.15) is 39.5 Å². The summed E-state index contributed by atoms with van der Waals surface area (Å²) in [7, 11) is 1.34. The van der Waals surface area contributed by atoms with Crippen molar-refractivity contribution in [2.75, 3.05) is 7.11 Å². The molecule has 3 aromatic rings. The molecule has 5 nitrogen and oxygen atoms in total. The summed E-state index contributed by atoms with van der Waals surface area (Å²) in [5.41, 5.74) is 1.22. The van der Waals surface area contributed by atoms with Gasteiger partial charge in [-0.25, -0.2) is 4.79 Å². The average Bonchev–Trinajstić information content (AvgIpc) is 2.93. The molecule has 14 heteroatoms. The van der Waals surface area contributed by atoms with E-state index in [-0.39, 0.29) is 28.9 Å². The lowest BCUT2D eigenvalue weighted by molar-refractivity contribution is -0.143. The third-order valence-electron chi connectivity index (χ3n) is 7.14. The van der Waals surface area contributed by atoms with Crippen LogP contribution in [0, 0.1) is 0 Å². The molecule has 0 saturated heterocycles. The molecule has 0 aliphatic rings. The van der Waals surface area contributed by atoms with E-state index < -0.39 is 71.0 Å². The van der Waals surface area contributed by atoms with Gasteiger partial charge in [0.1, 0.15) is 11.9 Å². The summed E-state index contributed by atoms with van der Waals surface area (Å²) >= 11 is 0. The first kappa shape index (κ1) is 37.5. The van der Waals surface area contributed by atoms with E-state index in [4.69, 9.17) is 15.2 Å². The number of carbonyl (C=O) groups is 1. The van der Waals surface area contributed by atoms with Gasteiger partial charge >= 0.3 is 24.6 Å². The van der Waals surface area contributed by atoms with Gasteiger partial charge in [-0.15, -0.1) is 0 Å². The van der Waals surface area contributed by atoms with Gasteiger partial charge in [0.15, 0.2) is 0 Å². The van der Waals surface area contributed by atoms with E-state index in [1.54, 1.807) is 39.0 Å². The van der Waals surface area contributed by atoms with E-state index >= 15 is 0 Å². The van der Waals surface area contributed by atoms with Crippen LogP contribution in [0.3, 0.4) is 0 Å². The van der Waals surface area contributed by atoms with Gasteiger partial charge < -0.3 is 20.5 Å². The van der Waals surface area contributed by atoms with Crippen LogP contribution in [0.5, 0.6) is 5.75 Å². The van der Waals surface area contributed by atoms with Crippen molar-refractivity contribution in [1.29, 1.82) is 0 Å². The Kier molecular flexibility index (Phi) is 10.9. The predicted octanol–water partition coefficient (Wildman–Crippen LogP) is 10.2. The highest BCUT2D eigenvalue weighted by Crippen LogP contribution is 2.44. The van der Waals surface area contributed by atoms with E-state index in [0.717, 1.165) is 17.7 Å². The van der Waals surface area contributed by atoms with Crippen LogP contribution in [0.25, 0.3) is 11.1 Å². The number of carbonyl (C=O) groups excluding carboxylic acids is 1. The van der Waals surface area contributed by atoms with Crippen LogP contribution in [-0.2, 0) is 23.3 Å². The van der Waals surface area contributed by atoms with Crippen molar-refractivity contribution in [3.63, 3.8) is 0 Å². The fourth-order valence-electron chi connectivity index (χ4n) is 4.81. The van der Waals surface area contributed by atoms with Crippen LogP contribution in [0.1, 0.15) is 92.5 Å². The van der Waals surface area contributed by atoms with Crippen LogP contribution in [0.15, 0.2) is 54.6 Å². The Morgan fingerprint density at radius 1 is 0.745 bits per heavy atom. The topological polar surface area (TPSA) is 73.6 Å². The fourth-order valence-corrected chi connectivity index (χ4v) is 4.81. The van der Waals surface area contributed by atoms with E-state index in [1.807, 2.05) is 13.8 Å². The quantitative estimate of drug-likeness (QED) is 0.233. The molecule has 0 radical (unpaired) electrons. The lowest BCUT2D eigenvalue weighted by atomic mass is 9.87. The van der Waals surface area contributed by atoms with Gasteiger partial charge in [-0.05, 0) is 85.8 Å². The summed E-state index contributed by atoms with van der Waals surface area (Å²) < 4.78 is 135. The minimum absolute atomic E-state index is 0.0284. The number of nitrogens with one attached hydrogen (secondary N) is 1. The lowest BCUT2D eigenvalue weighted by Crippen LogP contribution is -2.41. The molecule has 0 fully saturated rings. The monoisotopic (exact) mass is 678 g/mol. The van der Waals surface area contributed by atoms with E-state index in [1.165, 1.54) is 7.11 Å². The molecule has 1 amide bonds. The molecule has 3 N–H and O–H groups in total. The zero-order chi connectivity index (χ0) is 35.7. The predicted molar refractivity (Wildman–Crippen MR) is 158 cm³/mol. The molecule has 0 saturated carbocycles. The Bertz CT molecular complexity index is 1540. The first-order chi connectivity index (χ1) is 21.4. The van der Waals surface area contributed by atoms with Crippen LogP contribution >= 0.6 is 0 Å². The van der Waals surface area contributed by atoms with Crippen molar-refractivity contribution in [3.8, 4) is 16.9 Å². The molecular weight excluding hydrogens is 643 g/mol. The van der Waals surface area contributed by atoms with Gasteiger partial charge in [0.25, 0.3) is 0 Å².